The summed E-state index contributed by atoms with van der Waals surface area (Å²) in [4.78, 5) is 12.7. The zero-order valence-electron chi connectivity index (χ0n) is 15.2. The fourth-order valence-electron chi connectivity index (χ4n) is 3.99. The number of Topliss-reactive ketones (excluding diaryl/α,β-unsaturated/α-hetero) is 1. The molecule has 25 heavy (non-hydrogen) atoms. The summed E-state index contributed by atoms with van der Waals surface area (Å²) < 4.78 is 0. The number of allylic oxidation sites excluding steroid dienone is 2. The molecular formula is C24H28O. The van der Waals surface area contributed by atoms with Crippen LogP contribution in [0.4, 0.5) is 0 Å². The second-order valence-electron chi connectivity index (χ2n) is 7.06. The summed E-state index contributed by atoms with van der Waals surface area (Å²) in [5, 5.41) is 0. The van der Waals surface area contributed by atoms with Crippen molar-refractivity contribution in [1.29, 1.82) is 0 Å². The van der Waals surface area contributed by atoms with Crippen LogP contribution in [0.1, 0.15) is 67.8 Å². The quantitative estimate of drug-likeness (QED) is 0.515. The van der Waals surface area contributed by atoms with Gasteiger partial charge in [-0.3, -0.25) is 4.79 Å². The van der Waals surface area contributed by atoms with Gasteiger partial charge in [-0.2, -0.15) is 0 Å². The van der Waals surface area contributed by atoms with Gasteiger partial charge >= 0.3 is 0 Å². The molecule has 1 nitrogen and oxygen atoms in total. The van der Waals surface area contributed by atoms with E-state index in [1.54, 1.807) is 5.57 Å². The third-order valence-electron chi connectivity index (χ3n) is 5.31. The highest BCUT2D eigenvalue weighted by molar-refractivity contribution is 5.96. The fourth-order valence-corrected chi connectivity index (χ4v) is 3.99. The molecule has 0 spiro atoms. The molecule has 1 atom stereocenters. The Kier molecular flexibility index (Phi) is 6.22. The highest BCUT2D eigenvalue weighted by atomic mass is 16.1. The van der Waals surface area contributed by atoms with E-state index in [1.165, 1.54) is 30.4 Å². The van der Waals surface area contributed by atoms with Gasteiger partial charge in [0.25, 0.3) is 0 Å². The molecule has 0 aromatic heterocycles. The minimum atomic E-state index is 0.285. The largest absolute Gasteiger partial charge is 0.294 e. The number of hydrogen-bond acceptors (Lipinski definition) is 1. The van der Waals surface area contributed by atoms with Gasteiger partial charge in [0.15, 0.2) is 5.78 Å². The van der Waals surface area contributed by atoms with Crippen molar-refractivity contribution in [1.82, 2.24) is 0 Å². The first-order valence-electron chi connectivity index (χ1n) is 9.65. The molecule has 0 heterocycles. The van der Waals surface area contributed by atoms with E-state index in [0.29, 0.717) is 12.3 Å². The van der Waals surface area contributed by atoms with Crippen LogP contribution in [0, 0.1) is 5.92 Å². The Morgan fingerprint density at radius 1 is 0.960 bits per heavy atom. The van der Waals surface area contributed by atoms with Gasteiger partial charge in [0.05, 0.1) is 0 Å². The number of benzene rings is 2. The van der Waals surface area contributed by atoms with Gasteiger partial charge in [-0.15, -0.1) is 0 Å². The molecule has 0 radical (unpaired) electrons. The van der Waals surface area contributed by atoms with E-state index in [0.717, 1.165) is 24.8 Å². The monoisotopic (exact) mass is 332 g/mol. The lowest BCUT2D eigenvalue weighted by molar-refractivity contribution is 0.0968. The van der Waals surface area contributed by atoms with Crippen molar-refractivity contribution in [2.75, 3.05) is 0 Å². The van der Waals surface area contributed by atoms with Crippen LogP contribution in [0.15, 0.2) is 66.2 Å². The number of hydrogen-bond donors (Lipinski definition) is 0. The molecule has 1 aliphatic carbocycles. The normalized spacial score (nSPS) is 19.0. The first kappa shape index (κ1) is 17.7. The van der Waals surface area contributed by atoms with Crippen LogP contribution < -0.4 is 0 Å². The van der Waals surface area contributed by atoms with Crippen molar-refractivity contribution in [3.8, 4) is 0 Å². The average Bonchev–Trinajstić information content (AvgIpc) is 3.11. The van der Waals surface area contributed by atoms with Crippen molar-refractivity contribution in [3.05, 3.63) is 77.4 Å². The summed E-state index contributed by atoms with van der Waals surface area (Å²) in [5.74, 6) is 0.702. The molecule has 0 saturated heterocycles. The Hall–Kier alpha value is -2.15. The van der Waals surface area contributed by atoms with E-state index in [9.17, 15) is 4.79 Å². The van der Waals surface area contributed by atoms with E-state index in [4.69, 9.17) is 0 Å². The number of rotatable bonds is 7. The van der Waals surface area contributed by atoms with E-state index in [1.807, 2.05) is 30.3 Å². The Morgan fingerprint density at radius 2 is 1.60 bits per heavy atom. The third kappa shape index (κ3) is 4.48. The summed E-state index contributed by atoms with van der Waals surface area (Å²) in [6.45, 7) is 2.25. The second-order valence-corrected chi connectivity index (χ2v) is 7.06. The molecule has 0 N–H and O–H groups in total. The van der Waals surface area contributed by atoms with Gasteiger partial charge < -0.3 is 0 Å². The van der Waals surface area contributed by atoms with Crippen LogP contribution in [0.25, 0.3) is 5.57 Å². The molecule has 0 amide bonds. The van der Waals surface area contributed by atoms with E-state index < -0.39 is 0 Å². The predicted octanol–water partition coefficient (Wildman–Crippen LogP) is 6.70. The Balaban J connectivity index is 1.86. The lowest BCUT2D eigenvalue weighted by Gasteiger charge is -2.18. The van der Waals surface area contributed by atoms with Crippen molar-refractivity contribution in [2.45, 2.75) is 51.9 Å². The van der Waals surface area contributed by atoms with Crippen LogP contribution in [0.2, 0.25) is 0 Å². The second kappa shape index (κ2) is 8.80. The molecule has 0 aliphatic heterocycles. The average molecular weight is 332 g/mol. The smallest absolute Gasteiger partial charge is 0.163 e. The zero-order valence-corrected chi connectivity index (χ0v) is 15.2. The fraction of sp³-hybridized carbons (Fsp3) is 0.375. The van der Waals surface area contributed by atoms with Crippen LogP contribution in [-0.4, -0.2) is 5.78 Å². The Morgan fingerprint density at radius 3 is 2.24 bits per heavy atom. The summed E-state index contributed by atoms with van der Waals surface area (Å²) in [6.07, 6.45) is 7.72. The molecular weight excluding hydrogens is 304 g/mol. The van der Waals surface area contributed by atoms with Gasteiger partial charge in [0.1, 0.15) is 0 Å². The first-order chi connectivity index (χ1) is 12.3. The molecule has 2 aromatic rings. The lowest BCUT2D eigenvalue weighted by Crippen LogP contribution is -2.09. The molecule has 3 rings (SSSR count). The first-order valence-corrected chi connectivity index (χ1v) is 9.65. The van der Waals surface area contributed by atoms with Gasteiger partial charge in [0, 0.05) is 12.0 Å². The zero-order chi connectivity index (χ0) is 17.5. The van der Waals surface area contributed by atoms with E-state index in [2.05, 4.69) is 37.3 Å². The number of unbranched alkanes of at least 4 members (excludes halogenated alkanes) is 1. The maximum Gasteiger partial charge on any atom is 0.163 e. The maximum atomic E-state index is 12.7. The predicted molar refractivity (Wildman–Crippen MR) is 106 cm³/mol. The molecule has 130 valence electrons. The standard InChI is InChI=1S/C24H28O/c1-2-3-16-22(19-11-6-4-7-12-19)23-17-10-15-21(23)18-24(25)20-13-8-5-9-14-20/h4-9,11-14,21H,2-3,10,15-18H2,1H3/b23-22-. The van der Waals surface area contributed by atoms with Gasteiger partial charge in [-0.1, -0.05) is 79.6 Å². The highest BCUT2D eigenvalue weighted by Crippen LogP contribution is 2.41. The summed E-state index contributed by atoms with van der Waals surface area (Å²) in [6, 6.07) is 20.5. The minimum absolute atomic E-state index is 0.285. The molecule has 0 bridgehead atoms. The highest BCUT2D eigenvalue weighted by Gasteiger charge is 2.26. The molecule has 2 aromatic carbocycles. The van der Waals surface area contributed by atoms with Gasteiger partial charge in [0.2, 0.25) is 0 Å². The van der Waals surface area contributed by atoms with Crippen molar-refractivity contribution in [3.63, 3.8) is 0 Å². The van der Waals surface area contributed by atoms with Crippen molar-refractivity contribution in [2.24, 2.45) is 5.92 Å². The summed E-state index contributed by atoms with van der Waals surface area (Å²) in [7, 11) is 0. The number of carbonyl (C=O) groups excluding carboxylic acids is 1. The van der Waals surface area contributed by atoms with Crippen molar-refractivity contribution < 1.29 is 4.79 Å². The van der Waals surface area contributed by atoms with Gasteiger partial charge in [-0.05, 0) is 49.2 Å². The molecule has 1 saturated carbocycles. The lowest BCUT2D eigenvalue weighted by atomic mass is 9.86. The van der Waals surface area contributed by atoms with Gasteiger partial charge in [-0.25, -0.2) is 0 Å². The molecule has 1 aliphatic rings. The SMILES string of the molecule is CCCC/C(=C1\CCCC1CC(=O)c1ccccc1)c1ccccc1. The van der Waals surface area contributed by atoms with Crippen molar-refractivity contribution >= 4 is 11.4 Å². The molecule has 1 unspecified atom stereocenters. The van der Waals surface area contributed by atoms with Crippen LogP contribution in [0.5, 0.6) is 0 Å². The van der Waals surface area contributed by atoms with E-state index in [-0.39, 0.29) is 5.78 Å². The topological polar surface area (TPSA) is 17.1 Å². The molecule has 1 heteroatoms. The van der Waals surface area contributed by atoms with Crippen LogP contribution in [0.3, 0.4) is 0 Å². The number of ketones is 1. The Labute approximate surface area is 151 Å². The van der Waals surface area contributed by atoms with E-state index >= 15 is 0 Å². The van der Waals surface area contributed by atoms with Crippen LogP contribution >= 0.6 is 0 Å². The maximum absolute atomic E-state index is 12.7. The Bertz CT molecular complexity index is 712. The van der Waals surface area contributed by atoms with Crippen LogP contribution in [-0.2, 0) is 0 Å². The minimum Gasteiger partial charge on any atom is -0.294 e. The summed E-state index contributed by atoms with van der Waals surface area (Å²) >= 11 is 0. The number of carbonyl (C=O) groups is 1. The third-order valence-corrected chi connectivity index (χ3v) is 5.31. The molecule has 1 fully saturated rings. The summed E-state index contributed by atoms with van der Waals surface area (Å²) in [5.41, 5.74) is 5.25.